The van der Waals surface area contributed by atoms with Gasteiger partial charge in [-0.15, -0.1) is 11.3 Å². The highest BCUT2D eigenvalue weighted by atomic mass is 32.2. The van der Waals surface area contributed by atoms with E-state index in [1.807, 2.05) is 0 Å². The molecule has 0 radical (unpaired) electrons. The molecule has 218 valence electrons. The summed E-state index contributed by atoms with van der Waals surface area (Å²) in [7, 11) is -8.12. The van der Waals surface area contributed by atoms with Gasteiger partial charge in [0.25, 0.3) is 5.91 Å². The molecule has 3 aliphatic rings. The van der Waals surface area contributed by atoms with E-state index in [1.54, 1.807) is 9.80 Å². The molecule has 11 nitrogen and oxygen atoms in total. The van der Waals surface area contributed by atoms with Gasteiger partial charge in [0.1, 0.15) is 21.9 Å². The number of halogens is 1. The SMILES string of the molecule is CS(=O)(=O)CC1CN(C(=O)[C@@H]2CC[C@@H]3CCC[C@H](NC(=O)c4cc5cc(C(F)P(=O)(O)O)ccc5s4)C(=O)N32)C1. The molecule has 3 amide bonds. The fourth-order valence-corrected chi connectivity index (χ4v) is 8.54. The molecule has 5 rings (SSSR count). The standard InChI is InChI=1S/C25H31FN3O8PS2/c1-40(36,37)13-14-11-28(12-14)25(32)19-7-6-17-3-2-4-18(24(31)29(17)19)27-23(30)21-10-16-9-15(5-8-20(16)39-21)22(26)38(33,34)35/h5,8-10,14,17-19,22H,2-4,6-7,11-13H2,1H3,(H,27,30)(H2,33,34,35)/t17-,18-,19-,22?/m0/s1. The second-order valence-corrected chi connectivity index (χ2v) is 15.9. The number of sulfone groups is 1. The molecule has 1 aromatic carbocycles. The third-order valence-electron chi connectivity index (χ3n) is 7.82. The van der Waals surface area contributed by atoms with E-state index in [2.05, 4.69) is 5.32 Å². The summed E-state index contributed by atoms with van der Waals surface area (Å²) in [5, 5.41) is 3.25. The van der Waals surface area contributed by atoms with Crippen molar-refractivity contribution in [2.45, 2.75) is 56.1 Å². The lowest BCUT2D eigenvalue weighted by Gasteiger charge is -2.42. The summed E-state index contributed by atoms with van der Waals surface area (Å²) >= 11 is 1.11. The minimum Gasteiger partial charge on any atom is -0.340 e. The molecule has 15 heteroatoms. The largest absolute Gasteiger partial charge is 0.363 e. The van der Waals surface area contributed by atoms with E-state index in [0.717, 1.165) is 11.3 Å². The molecule has 3 N–H and O–H groups in total. The first kappa shape index (κ1) is 29.1. The van der Waals surface area contributed by atoms with Gasteiger partial charge in [0.15, 0.2) is 0 Å². The number of amides is 3. The number of hydrogen-bond acceptors (Lipinski definition) is 7. The van der Waals surface area contributed by atoms with Crippen molar-refractivity contribution in [1.82, 2.24) is 15.1 Å². The number of rotatable bonds is 7. The maximum atomic E-state index is 14.1. The smallest absolute Gasteiger partial charge is 0.340 e. The Kier molecular flexibility index (Phi) is 7.86. The molecule has 0 bridgehead atoms. The highest BCUT2D eigenvalue weighted by molar-refractivity contribution is 7.90. The number of fused-ring (bicyclic) bond motifs is 2. The van der Waals surface area contributed by atoms with Gasteiger partial charge in [0.2, 0.25) is 17.7 Å². The van der Waals surface area contributed by atoms with Gasteiger partial charge in [-0.25, -0.2) is 12.8 Å². The van der Waals surface area contributed by atoms with E-state index in [-0.39, 0.29) is 40.0 Å². The maximum Gasteiger partial charge on any atom is 0.363 e. The van der Waals surface area contributed by atoms with Crippen LogP contribution in [0.4, 0.5) is 4.39 Å². The number of carbonyl (C=O) groups excluding carboxylic acids is 3. The number of alkyl halides is 1. The van der Waals surface area contributed by atoms with Crippen molar-refractivity contribution in [3.8, 4) is 0 Å². The van der Waals surface area contributed by atoms with Crippen LogP contribution in [0.3, 0.4) is 0 Å². The van der Waals surface area contributed by atoms with E-state index >= 15 is 0 Å². The molecule has 4 atom stereocenters. The summed E-state index contributed by atoms with van der Waals surface area (Å²) in [5.74, 6) is -3.55. The van der Waals surface area contributed by atoms with Gasteiger partial charge < -0.3 is 24.9 Å². The highest BCUT2D eigenvalue weighted by Crippen LogP contribution is 2.53. The van der Waals surface area contributed by atoms with Gasteiger partial charge in [-0.2, -0.15) is 0 Å². The average molecular weight is 616 g/mol. The summed E-state index contributed by atoms with van der Waals surface area (Å²) in [6.45, 7) is 0.695. The first-order valence-electron chi connectivity index (χ1n) is 13.0. The molecule has 3 saturated heterocycles. The molecule has 40 heavy (non-hydrogen) atoms. The minimum atomic E-state index is -4.98. The quantitative estimate of drug-likeness (QED) is 0.400. The van der Waals surface area contributed by atoms with Crippen LogP contribution in [0.1, 0.15) is 53.3 Å². The monoisotopic (exact) mass is 615 g/mol. The second kappa shape index (κ2) is 10.8. The molecule has 3 fully saturated rings. The minimum absolute atomic E-state index is 0.0257. The van der Waals surface area contributed by atoms with Crippen molar-refractivity contribution < 1.29 is 41.5 Å². The van der Waals surface area contributed by atoms with Gasteiger partial charge in [-0.1, -0.05) is 6.07 Å². The molecular formula is C25H31FN3O8PS2. The van der Waals surface area contributed by atoms with Gasteiger partial charge in [-0.05, 0) is 61.3 Å². The molecule has 4 heterocycles. The van der Waals surface area contributed by atoms with Crippen LogP contribution < -0.4 is 5.32 Å². The lowest BCUT2D eigenvalue weighted by molar-refractivity contribution is -0.149. The van der Waals surface area contributed by atoms with Crippen LogP contribution >= 0.6 is 18.9 Å². The fraction of sp³-hybridized carbons (Fsp3) is 0.560. The second-order valence-electron chi connectivity index (χ2n) is 11.0. The van der Waals surface area contributed by atoms with Crippen molar-refractivity contribution in [2.75, 3.05) is 25.1 Å². The van der Waals surface area contributed by atoms with E-state index in [4.69, 9.17) is 9.79 Å². The van der Waals surface area contributed by atoms with Gasteiger partial charge in [0.05, 0.1) is 10.6 Å². The first-order chi connectivity index (χ1) is 18.7. The number of carbonyl (C=O) groups is 3. The Morgan fingerprint density at radius 2 is 1.90 bits per heavy atom. The van der Waals surface area contributed by atoms with Crippen LogP contribution in [0, 0.1) is 5.92 Å². The first-order valence-corrected chi connectivity index (χ1v) is 17.6. The summed E-state index contributed by atoms with van der Waals surface area (Å²) in [5.41, 5.74) is -0.190. The van der Waals surface area contributed by atoms with Crippen molar-refractivity contribution in [3.63, 3.8) is 0 Å². The predicted octanol–water partition coefficient (Wildman–Crippen LogP) is 2.19. The Bertz CT molecular complexity index is 1500. The number of benzene rings is 1. The van der Waals surface area contributed by atoms with Crippen LogP contribution in [0.15, 0.2) is 24.3 Å². The van der Waals surface area contributed by atoms with Gasteiger partial charge >= 0.3 is 7.60 Å². The summed E-state index contributed by atoms with van der Waals surface area (Å²) in [6, 6.07) is 3.99. The van der Waals surface area contributed by atoms with E-state index < -0.39 is 41.3 Å². The van der Waals surface area contributed by atoms with Crippen LogP contribution in [0.25, 0.3) is 10.1 Å². The van der Waals surface area contributed by atoms with Crippen LogP contribution in [-0.2, 0) is 24.0 Å². The Balaban J connectivity index is 1.27. The molecule has 0 spiro atoms. The van der Waals surface area contributed by atoms with Crippen LogP contribution in [-0.4, -0.2) is 88.9 Å². The van der Waals surface area contributed by atoms with E-state index in [0.29, 0.717) is 55.3 Å². The number of nitrogens with one attached hydrogen (secondary N) is 1. The molecule has 0 aliphatic carbocycles. The lowest BCUT2D eigenvalue weighted by Crippen LogP contribution is -2.60. The lowest BCUT2D eigenvalue weighted by atomic mass is 10.00. The number of hydrogen-bond donors (Lipinski definition) is 3. The molecule has 2 aromatic rings. The highest BCUT2D eigenvalue weighted by Gasteiger charge is 2.47. The van der Waals surface area contributed by atoms with Crippen molar-refractivity contribution >= 4 is 56.6 Å². The van der Waals surface area contributed by atoms with Gasteiger partial charge in [0, 0.05) is 36.0 Å². The Morgan fingerprint density at radius 1 is 1.18 bits per heavy atom. The molecule has 0 saturated carbocycles. The predicted molar refractivity (Wildman–Crippen MR) is 146 cm³/mol. The normalized spacial score (nSPS) is 24.9. The third kappa shape index (κ3) is 5.96. The zero-order chi connectivity index (χ0) is 29.0. The zero-order valence-electron chi connectivity index (χ0n) is 21.7. The molecule has 1 unspecified atom stereocenters. The summed E-state index contributed by atoms with van der Waals surface area (Å²) < 4.78 is 49.2. The molecule has 3 aliphatic heterocycles. The zero-order valence-corrected chi connectivity index (χ0v) is 24.3. The third-order valence-corrected chi connectivity index (χ3v) is 10.9. The average Bonchev–Trinajstić information content (AvgIpc) is 3.43. The molecular weight excluding hydrogens is 584 g/mol. The van der Waals surface area contributed by atoms with Crippen molar-refractivity contribution in [2.24, 2.45) is 5.92 Å². The van der Waals surface area contributed by atoms with E-state index in [9.17, 15) is 31.8 Å². The van der Waals surface area contributed by atoms with Crippen LogP contribution in [0.2, 0.25) is 0 Å². The Hall–Kier alpha value is -2.38. The number of thiophene rings is 1. The molecule has 1 aromatic heterocycles. The number of likely N-dealkylation sites (tertiary alicyclic amines) is 1. The summed E-state index contributed by atoms with van der Waals surface area (Å²) in [4.78, 5) is 61.8. The van der Waals surface area contributed by atoms with Crippen molar-refractivity contribution in [1.29, 1.82) is 0 Å². The van der Waals surface area contributed by atoms with Crippen LogP contribution in [0.5, 0.6) is 0 Å². The fourth-order valence-electron chi connectivity index (χ4n) is 5.98. The Morgan fingerprint density at radius 3 is 2.58 bits per heavy atom. The maximum absolute atomic E-state index is 14.1. The van der Waals surface area contributed by atoms with E-state index in [1.165, 1.54) is 30.5 Å². The van der Waals surface area contributed by atoms with Crippen molar-refractivity contribution in [3.05, 3.63) is 34.7 Å². The Labute approximate surface area is 234 Å². The summed E-state index contributed by atoms with van der Waals surface area (Å²) in [6.07, 6.45) is 4.20. The van der Waals surface area contributed by atoms with Gasteiger partial charge in [-0.3, -0.25) is 18.9 Å². The topological polar surface area (TPSA) is 161 Å². The number of nitrogens with zero attached hydrogens (tertiary/aromatic N) is 2.